The SMILES string of the molecule is CNc1nc(SCC2CCCO2)nc(-n2cccn2)n1. The van der Waals surface area contributed by atoms with Gasteiger partial charge in [0.05, 0.1) is 6.10 Å². The number of thioether (sulfide) groups is 1. The van der Waals surface area contributed by atoms with Gasteiger partial charge in [0, 0.05) is 31.8 Å². The fourth-order valence-corrected chi connectivity index (χ4v) is 2.85. The summed E-state index contributed by atoms with van der Waals surface area (Å²) < 4.78 is 7.23. The first-order valence-corrected chi connectivity index (χ1v) is 7.52. The molecule has 2 aromatic rings. The lowest BCUT2D eigenvalue weighted by molar-refractivity contribution is 0.129. The molecule has 2 aromatic heterocycles. The van der Waals surface area contributed by atoms with Crippen molar-refractivity contribution in [2.45, 2.75) is 24.1 Å². The number of nitrogens with zero attached hydrogens (tertiary/aromatic N) is 5. The van der Waals surface area contributed by atoms with Gasteiger partial charge in [-0.15, -0.1) is 0 Å². The summed E-state index contributed by atoms with van der Waals surface area (Å²) in [4.78, 5) is 13.1. The lowest BCUT2D eigenvalue weighted by atomic mass is 10.3. The normalized spacial score (nSPS) is 18.4. The molecule has 1 aliphatic heterocycles. The molecule has 0 amide bonds. The summed E-state index contributed by atoms with van der Waals surface area (Å²) >= 11 is 1.59. The Kier molecular flexibility index (Phi) is 4.12. The Bertz CT molecular complexity index is 555. The van der Waals surface area contributed by atoms with Gasteiger partial charge in [-0.25, -0.2) is 4.68 Å². The first-order chi connectivity index (χ1) is 9.85. The molecule has 7 nitrogen and oxygen atoms in total. The summed E-state index contributed by atoms with van der Waals surface area (Å²) in [5.74, 6) is 1.93. The Balaban J connectivity index is 1.77. The number of hydrogen-bond acceptors (Lipinski definition) is 7. The van der Waals surface area contributed by atoms with E-state index >= 15 is 0 Å². The molecular weight excluding hydrogens is 276 g/mol. The minimum atomic E-state index is 0.308. The highest BCUT2D eigenvalue weighted by molar-refractivity contribution is 7.99. The molecule has 106 valence electrons. The minimum absolute atomic E-state index is 0.308. The lowest BCUT2D eigenvalue weighted by Gasteiger charge is -2.09. The molecule has 8 heteroatoms. The minimum Gasteiger partial charge on any atom is -0.377 e. The maximum Gasteiger partial charge on any atom is 0.256 e. The van der Waals surface area contributed by atoms with Gasteiger partial charge in [-0.2, -0.15) is 20.1 Å². The molecular formula is C12H16N6OS. The van der Waals surface area contributed by atoms with E-state index in [9.17, 15) is 0 Å². The van der Waals surface area contributed by atoms with Crippen LogP contribution in [0.2, 0.25) is 0 Å². The van der Waals surface area contributed by atoms with E-state index in [0.717, 1.165) is 25.2 Å². The number of aromatic nitrogens is 5. The zero-order valence-electron chi connectivity index (χ0n) is 11.2. The van der Waals surface area contributed by atoms with Gasteiger partial charge in [-0.05, 0) is 18.9 Å². The second kappa shape index (κ2) is 6.19. The molecule has 0 aromatic carbocycles. The van der Waals surface area contributed by atoms with Crippen LogP contribution in [0.3, 0.4) is 0 Å². The fraction of sp³-hybridized carbons (Fsp3) is 0.500. The van der Waals surface area contributed by atoms with Crippen molar-refractivity contribution in [3.05, 3.63) is 18.5 Å². The Morgan fingerprint density at radius 1 is 1.45 bits per heavy atom. The summed E-state index contributed by atoms with van der Waals surface area (Å²) in [5.41, 5.74) is 0. The van der Waals surface area contributed by atoms with Crippen LogP contribution in [-0.2, 0) is 4.74 Å². The maximum atomic E-state index is 5.61. The summed E-state index contributed by atoms with van der Waals surface area (Å²) in [6.45, 7) is 0.864. The van der Waals surface area contributed by atoms with Gasteiger partial charge in [0.2, 0.25) is 5.95 Å². The summed E-state index contributed by atoms with van der Waals surface area (Å²) in [7, 11) is 1.79. The Morgan fingerprint density at radius 2 is 2.40 bits per heavy atom. The van der Waals surface area contributed by atoms with Crippen molar-refractivity contribution in [1.29, 1.82) is 0 Å². The third kappa shape index (κ3) is 3.07. The van der Waals surface area contributed by atoms with E-state index in [1.54, 1.807) is 29.7 Å². The van der Waals surface area contributed by atoms with Crippen molar-refractivity contribution in [3.8, 4) is 5.95 Å². The molecule has 0 bridgehead atoms. The average Bonchev–Trinajstić information content (AvgIpc) is 3.17. The van der Waals surface area contributed by atoms with Crippen LogP contribution in [0.4, 0.5) is 5.95 Å². The van der Waals surface area contributed by atoms with Gasteiger partial charge in [0.25, 0.3) is 5.95 Å². The molecule has 20 heavy (non-hydrogen) atoms. The van der Waals surface area contributed by atoms with Crippen LogP contribution in [0.15, 0.2) is 23.6 Å². The Hall–Kier alpha value is -1.67. The molecule has 3 rings (SSSR count). The zero-order chi connectivity index (χ0) is 13.8. The van der Waals surface area contributed by atoms with Gasteiger partial charge in [0.15, 0.2) is 5.16 Å². The average molecular weight is 292 g/mol. The van der Waals surface area contributed by atoms with E-state index in [0.29, 0.717) is 23.2 Å². The number of hydrogen-bond donors (Lipinski definition) is 1. The Labute approximate surface area is 121 Å². The van der Waals surface area contributed by atoms with Crippen LogP contribution in [0.5, 0.6) is 0 Å². The molecule has 1 N–H and O–H groups in total. The molecule has 1 atom stereocenters. The third-order valence-electron chi connectivity index (χ3n) is 2.96. The molecule has 0 radical (unpaired) electrons. The standard InChI is InChI=1S/C12H16N6OS/c1-13-10-15-11(18-6-3-5-14-18)17-12(16-10)20-8-9-4-2-7-19-9/h3,5-6,9H,2,4,7-8H2,1H3,(H,13,15,16,17). The van der Waals surface area contributed by atoms with Crippen LogP contribution in [-0.4, -0.2) is 50.2 Å². The number of anilines is 1. The quantitative estimate of drug-likeness (QED) is 0.834. The molecule has 1 saturated heterocycles. The van der Waals surface area contributed by atoms with Gasteiger partial charge in [-0.3, -0.25) is 0 Å². The van der Waals surface area contributed by atoms with Crippen molar-refractivity contribution in [2.75, 3.05) is 24.7 Å². The number of rotatable bonds is 5. The van der Waals surface area contributed by atoms with E-state index in [1.807, 2.05) is 12.3 Å². The van der Waals surface area contributed by atoms with E-state index < -0.39 is 0 Å². The van der Waals surface area contributed by atoms with Gasteiger partial charge < -0.3 is 10.1 Å². The highest BCUT2D eigenvalue weighted by Gasteiger charge is 2.17. The molecule has 1 fully saturated rings. The van der Waals surface area contributed by atoms with Crippen molar-refractivity contribution in [3.63, 3.8) is 0 Å². The van der Waals surface area contributed by atoms with Crippen molar-refractivity contribution in [2.24, 2.45) is 0 Å². The van der Waals surface area contributed by atoms with Crippen molar-refractivity contribution >= 4 is 17.7 Å². The second-order valence-electron chi connectivity index (χ2n) is 4.39. The molecule has 3 heterocycles. The van der Waals surface area contributed by atoms with Crippen LogP contribution in [0.25, 0.3) is 5.95 Å². The summed E-state index contributed by atoms with van der Waals surface area (Å²) in [6.07, 6.45) is 6.07. The van der Waals surface area contributed by atoms with Gasteiger partial charge in [0.1, 0.15) is 0 Å². The zero-order valence-corrected chi connectivity index (χ0v) is 12.0. The predicted molar refractivity (Wildman–Crippen MR) is 76.2 cm³/mol. The van der Waals surface area contributed by atoms with E-state index in [-0.39, 0.29) is 0 Å². The van der Waals surface area contributed by atoms with Crippen molar-refractivity contribution in [1.82, 2.24) is 24.7 Å². The Morgan fingerprint density at radius 3 is 3.10 bits per heavy atom. The first kappa shape index (κ1) is 13.3. The fourth-order valence-electron chi connectivity index (χ4n) is 1.96. The van der Waals surface area contributed by atoms with Gasteiger partial charge >= 0.3 is 0 Å². The number of ether oxygens (including phenoxy) is 1. The molecule has 0 saturated carbocycles. The molecule has 0 aliphatic carbocycles. The highest BCUT2D eigenvalue weighted by Crippen LogP contribution is 2.22. The smallest absolute Gasteiger partial charge is 0.256 e. The van der Waals surface area contributed by atoms with Crippen LogP contribution in [0.1, 0.15) is 12.8 Å². The predicted octanol–water partition coefficient (Wildman–Crippen LogP) is 1.37. The first-order valence-electron chi connectivity index (χ1n) is 6.53. The van der Waals surface area contributed by atoms with Crippen molar-refractivity contribution < 1.29 is 4.74 Å². The van der Waals surface area contributed by atoms with Crippen LogP contribution in [0, 0.1) is 0 Å². The second-order valence-corrected chi connectivity index (χ2v) is 5.38. The topological polar surface area (TPSA) is 77.8 Å². The summed E-state index contributed by atoms with van der Waals surface area (Å²) in [5, 5.41) is 7.78. The third-order valence-corrected chi connectivity index (χ3v) is 3.94. The molecule has 1 unspecified atom stereocenters. The number of nitrogens with one attached hydrogen (secondary N) is 1. The largest absolute Gasteiger partial charge is 0.377 e. The highest BCUT2D eigenvalue weighted by atomic mass is 32.2. The van der Waals surface area contributed by atoms with E-state index in [4.69, 9.17) is 4.74 Å². The monoisotopic (exact) mass is 292 g/mol. The van der Waals surface area contributed by atoms with Gasteiger partial charge in [-0.1, -0.05) is 11.8 Å². The molecule has 0 spiro atoms. The van der Waals surface area contributed by atoms with Crippen LogP contribution < -0.4 is 5.32 Å². The van der Waals surface area contributed by atoms with Crippen LogP contribution >= 0.6 is 11.8 Å². The molecule has 1 aliphatic rings. The van der Waals surface area contributed by atoms with E-state index in [2.05, 4.69) is 25.4 Å². The lowest BCUT2D eigenvalue weighted by Crippen LogP contribution is -2.11. The van der Waals surface area contributed by atoms with E-state index in [1.165, 1.54) is 0 Å². The summed E-state index contributed by atoms with van der Waals surface area (Å²) in [6, 6.07) is 1.84. The maximum absolute atomic E-state index is 5.61.